The first kappa shape index (κ1) is 97.7. The maximum atomic E-state index is 13.9. The zero-order chi connectivity index (χ0) is 78.4. The summed E-state index contributed by atoms with van der Waals surface area (Å²) in [6.07, 6.45) is -50.2. The smallest absolute Gasteiger partial charge is 0.426 e. The molecule has 99 heavy (non-hydrogen) atoms. The van der Waals surface area contributed by atoms with E-state index < -0.39 is 218 Å². The van der Waals surface area contributed by atoms with Crippen LogP contribution in [0, 0.1) is 34.5 Å². The fourth-order valence-electron chi connectivity index (χ4n) is 8.91. The van der Waals surface area contributed by atoms with E-state index >= 15 is 0 Å². The van der Waals surface area contributed by atoms with Crippen LogP contribution in [0.15, 0.2) is 24.3 Å². The summed E-state index contributed by atoms with van der Waals surface area (Å²) in [4.78, 5) is 69.2. The molecule has 2 fully saturated rings. The van der Waals surface area contributed by atoms with Crippen molar-refractivity contribution in [1.82, 2.24) is 0 Å². The highest BCUT2D eigenvalue weighted by Crippen LogP contribution is 2.57. The Hall–Kier alpha value is -5.48. The van der Waals surface area contributed by atoms with Crippen LogP contribution in [0.5, 0.6) is 0 Å². The van der Waals surface area contributed by atoms with Crippen molar-refractivity contribution in [2.45, 2.75) is 250 Å². The van der Waals surface area contributed by atoms with Crippen LogP contribution in [0.1, 0.15) is 155 Å². The molecule has 18 nitrogen and oxygen atoms in total. The number of esters is 6. The lowest BCUT2D eigenvalue weighted by Gasteiger charge is -2.47. The van der Waals surface area contributed by atoms with Gasteiger partial charge in [-0.1, -0.05) is 48.3 Å². The molecule has 40 heteroatoms. The van der Waals surface area contributed by atoms with Crippen LogP contribution in [0.25, 0.3) is 0 Å². The lowest BCUT2D eigenvalue weighted by Crippen LogP contribution is -2.64. The number of halogens is 22. The highest BCUT2D eigenvalue weighted by Gasteiger charge is 2.77. The molecule has 0 bridgehead atoms. The van der Waals surface area contributed by atoms with Crippen molar-refractivity contribution in [2.24, 2.45) is 34.5 Å². The fraction of sp³-hybridized carbons (Fsp3) is 0.831. The van der Waals surface area contributed by atoms with Gasteiger partial charge in [-0.05, 0) is 120 Å². The monoisotopic (exact) mass is 1500 g/mol. The summed E-state index contributed by atoms with van der Waals surface area (Å²) in [6, 6.07) is 0. The van der Waals surface area contributed by atoms with Gasteiger partial charge >= 0.3 is 84.7 Å². The lowest BCUT2D eigenvalue weighted by molar-refractivity contribution is -0.392. The maximum absolute atomic E-state index is 13.9. The second-order valence-corrected chi connectivity index (χ2v) is 24.6. The molecule has 10 unspecified atom stereocenters. The third kappa shape index (κ3) is 24.9. The quantitative estimate of drug-likeness (QED) is 0.0230. The van der Waals surface area contributed by atoms with Crippen molar-refractivity contribution < 1.29 is 184 Å². The van der Waals surface area contributed by atoms with Crippen LogP contribution >= 0.6 is 0 Å². The second-order valence-electron chi connectivity index (χ2n) is 24.6. The van der Waals surface area contributed by atoms with E-state index in [9.17, 15) is 146 Å². The van der Waals surface area contributed by atoms with Crippen LogP contribution in [-0.4, -0.2) is 180 Å². The highest BCUT2D eigenvalue weighted by molar-refractivity contribution is 5.88. The average Bonchev–Trinajstić information content (AvgIpc) is 0.740. The van der Waals surface area contributed by atoms with E-state index in [1.165, 1.54) is 48.8 Å². The average molecular weight is 1500 g/mol. The van der Waals surface area contributed by atoms with E-state index in [1.54, 1.807) is 27.7 Å². The molecule has 2 aliphatic rings. The molecule has 584 valence electrons. The van der Waals surface area contributed by atoms with E-state index in [2.05, 4.69) is 41.6 Å². The van der Waals surface area contributed by atoms with Gasteiger partial charge in [0, 0.05) is 49.0 Å². The molecule has 0 spiro atoms. The molecular formula is C59H86F22O18. The van der Waals surface area contributed by atoms with Crippen molar-refractivity contribution in [1.29, 1.82) is 0 Å². The van der Waals surface area contributed by atoms with Crippen molar-refractivity contribution in [3.05, 3.63) is 24.3 Å². The van der Waals surface area contributed by atoms with E-state index in [-0.39, 0.29) is 51.7 Å². The molecule has 2 aliphatic carbocycles. The molecule has 0 aliphatic heterocycles. The van der Waals surface area contributed by atoms with Crippen LogP contribution in [0.4, 0.5) is 96.6 Å². The topological polar surface area (TPSA) is 257 Å². The third-order valence-corrected chi connectivity index (χ3v) is 16.3. The first-order valence-corrected chi connectivity index (χ1v) is 29.1. The molecule has 0 aromatic rings. The maximum Gasteiger partial charge on any atom is 0.426 e. The molecule has 2 rings (SSSR count). The minimum atomic E-state index is -6.29. The summed E-state index contributed by atoms with van der Waals surface area (Å²) in [5.74, 6) is -25.6. The van der Waals surface area contributed by atoms with Crippen molar-refractivity contribution >= 4 is 35.8 Å². The van der Waals surface area contributed by atoms with Gasteiger partial charge in [-0.3, -0.25) is 9.59 Å². The van der Waals surface area contributed by atoms with Gasteiger partial charge in [-0.2, -0.15) is 96.6 Å². The van der Waals surface area contributed by atoms with Gasteiger partial charge in [-0.25, -0.2) is 19.2 Å². The Morgan fingerprint density at radius 2 is 0.677 bits per heavy atom. The molecule has 4 N–H and O–H groups in total. The zero-order valence-electron chi connectivity index (χ0n) is 55.3. The third-order valence-electron chi connectivity index (χ3n) is 16.3. The molecule has 0 amide bonds. The summed E-state index contributed by atoms with van der Waals surface area (Å²) in [5, 5.41) is 39.0. The minimum Gasteiger partial charge on any atom is -0.462 e. The summed E-state index contributed by atoms with van der Waals surface area (Å²) >= 11 is 0. The Balaban J connectivity index is -0.00000127. The standard InChI is InChI=1S/C18H25F9O4.C16H19F9O4.C13H22F2O5.C11H16F2O5.CH4/c1-5-13(2,3)12(28)31-11-7-9(14(4,29)16(19,20)21)6-10(8-11)15(30,17(22,23)24)18(25,26)27;1-7(2)11(26)29-10-5-8(12(3,27)14(17,18)19)4-9(6-10)13(28,15(20,21)22)16(23,24)25;1-6-9(20-10(16)12(3,4)7-2)13(14,15)11(17)19-8-18-5;1-5-8(18-9(14)7(2)3)11(12,13)10(15)17-6-16-4;/h9-11,29-30H,5-8H2,1-4H3;8-10,27-28H,1,4-6H2,2-3H3;9H,6-8H2,1-5H3;8H,2,5-6H2,1,3-4H3;1H4. The predicted molar refractivity (Wildman–Crippen MR) is 300 cm³/mol. The van der Waals surface area contributed by atoms with Gasteiger partial charge in [0.2, 0.25) is 0 Å². The Morgan fingerprint density at radius 3 is 0.929 bits per heavy atom. The number of carbonyl (C=O) groups is 6. The Kier molecular flexibility index (Phi) is 35.6. The summed E-state index contributed by atoms with van der Waals surface area (Å²) < 4.78 is 329. The molecule has 0 heterocycles. The van der Waals surface area contributed by atoms with Crippen LogP contribution < -0.4 is 0 Å². The van der Waals surface area contributed by atoms with Crippen molar-refractivity contribution in [2.75, 3.05) is 27.8 Å². The summed E-state index contributed by atoms with van der Waals surface area (Å²) in [7, 11) is 2.39. The number of aliphatic hydroxyl groups is 4. The summed E-state index contributed by atoms with van der Waals surface area (Å²) in [6.45, 7) is 20.0. The zero-order valence-corrected chi connectivity index (χ0v) is 55.3. The summed E-state index contributed by atoms with van der Waals surface area (Å²) in [5.41, 5.74) is -20.5. The van der Waals surface area contributed by atoms with Crippen LogP contribution in [0.3, 0.4) is 0 Å². The SMILES string of the molecule is C.C=C(C)C(=O)OC(CC)C(F)(F)C(=O)OCOC.C=C(C)C(=O)OC1CC(C(C)(O)C(F)(F)F)CC(C(O)(C(F)(F)F)C(F)(F)F)C1.CCC(C)(C)C(=O)OC1CC(C(C)(O)C(F)(F)F)CC(C(O)(C(F)(F)F)C(F)(F)F)C1.CCC(OC(=O)C(C)(C)CC)C(F)(F)C(=O)OCOC. The number of hydrogen-bond donors (Lipinski definition) is 4. The number of rotatable bonds is 24. The van der Waals surface area contributed by atoms with E-state index in [0.717, 1.165) is 6.92 Å². The predicted octanol–water partition coefficient (Wildman–Crippen LogP) is 13.8. The molecule has 0 aromatic carbocycles. The normalized spacial score (nSPS) is 21.1. The van der Waals surface area contributed by atoms with Crippen LogP contribution in [-0.2, 0) is 66.7 Å². The van der Waals surface area contributed by atoms with E-state index in [1.807, 2.05) is 0 Å². The molecule has 0 aromatic heterocycles. The van der Waals surface area contributed by atoms with Gasteiger partial charge in [0.1, 0.15) is 12.2 Å². The Morgan fingerprint density at radius 1 is 0.404 bits per heavy atom. The highest BCUT2D eigenvalue weighted by atomic mass is 19.4. The van der Waals surface area contributed by atoms with Crippen molar-refractivity contribution in [3.63, 3.8) is 0 Å². The van der Waals surface area contributed by atoms with Gasteiger partial charge in [0.05, 0.1) is 10.8 Å². The second kappa shape index (κ2) is 36.1. The lowest BCUT2D eigenvalue weighted by atomic mass is 9.66. The van der Waals surface area contributed by atoms with Gasteiger partial charge < -0.3 is 58.3 Å². The largest absolute Gasteiger partial charge is 0.462 e. The number of carbonyl (C=O) groups excluding carboxylic acids is 6. The number of ether oxygens (including phenoxy) is 8. The Labute approximate surface area is 555 Å². The minimum absolute atomic E-state index is 0. The number of hydrogen-bond acceptors (Lipinski definition) is 18. The molecule has 10 atom stereocenters. The van der Waals surface area contributed by atoms with Crippen molar-refractivity contribution in [3.8, 4) is 0 Å². The van der Waals surface area contributed by atoms with Gasteiger partial charge in [0.15, 0.2) is 37.0 Å². The molecular weight excluding hydrogens is 1410 g/mol. The molecule has 0 saturated heterocycles. The number of methoxy groups -OCH3 is 2. The fourth-order valence-corrected chi connectivity index (χ4v) is 8.91. The van der Waals surface area contributed by atoms with Crippen LogP contribution in [0.2, 0.25) is 0 Å². The number of alkyl halides is 22. The van der Waals surface area contributed by atoms with E-state index in [4.69, 9.17) is 9.47 Å². The van der Waals surface area contributed by atoms with Gasteiger partial charge in [-0.15, -0.1) is 0 Å². The Bertz CT molecular complexity index is 2620. The van der Waals surface area contributed by atoms with Gasteiger partial charge in [0.25, 0.3) is 11.2 Å². The molecule has 2 saturated carbocycles. The van der Waals surface area contributed by atoms with E-state index in [0.29, 0.717) is 6.42 Å². The first-order chi connectivity index (χ1) is 43.6. The molecule has 0 radical (unpaired) electrons. The first-order valence-electron chi connectivity index (χ1n) is 29.1.